The van der Waals surface area contributed by atoms with Crippen molar-refractivity contribution in [2.75, 3.05) is 33.4 Å². The summed E-state index contributed by atoms with van der Waals surface area (Å²) in [6.45, 7) is 2.17. The summed E-state index contributed by atoms with van der Waals surface area (Å²) in [6, 6.07) is 5.03. The quantitative estimate of drug-likeness (QED) is 0.798. The maximum Gasteiger partial charge on any atom is 0.258 e. The van der Waals surface area contributed by atoms with Crippen molar-refractivity contribution >= 4 is 22.5 Å². The third-order valence-corrected chi connectivity index (χ3v) is 3.35. The number of aliphatic hydroxyl groups is 1. The maximum absolute atomic E-state index is 12.1. The van der Waals surface area contributed by atoms with Gasteiger partial charge in [0.15, 0.2) is 0 Å². The molecule has 2 rings (SSSR count). The lowest BCUT2D eigenvalue weighted by Crippen LogP contribution is -2.31. The van der Waals surface area contributed by atoms with Gasteiger partial charge in [0.2, 0.25) is 0 Å². The molecule has 1 aromatic heterocycles. The number of benzene rings is 1. The number of aromatic amines is 1. The second-order valence-corrected chi connectivity index (χ2v) is 5.10. The molecule has 1 aromatic carbocycles. The minimum atomic E-state index is -0.215. The Hall–Kier alpha value is -1.47. The molecule has 114 valence electrons. The van der Waals surface area contributed by atoms with E-state index >= 15 is 0 Å². The van der Waals surface area contributed by atoms with Crippen molar-refractivity contribution in [2.24, 2.45) is 0 Å². The predicted molar refractivity (Wildman–Crippen MR) is 81.6 cm³/mol. The molecule has 0 aliphatic carbocycles. The van der Waals surface area contributed by atoms with E-state index in [4.69, 9.17) is 21.4 Å². The van der Waals surface area contributed by atoms with E-state index in [2.05, 4.69) is 9.97 Å². The first kappa shape index (κ1) is 15.9. The molecule has 0 amide bonds. The van der Waals surface area contributed by atoms with E-state index in [1.165, 1.54) is 0 Å². The summed E-state index contributed by atoms with van der Waals surface area (Å²) in [6.07, 6.45) is 0. The van der Waals surface area contributed by atoms with E-state index in [0.717, 1.165) is 0 Å². The van der Waals surface area contributed by atoms with Gasteiger partial charge < -0.3 is 14.8 Å². The number of ether oxygens (including phenoxy) is 1. The lowest BCUT2D eigenvalue weighted by atomic mass is 10.2. The average molecular weight is 312 g/mol. The van der Waals surface area contributed by atoms with Crippen LogP contribution in [0.4, 0.5) is 0 Å². The zero-order valence-electron chi connectivity index (χ0n) is 11.8. The molecule has 0 saturated carbocycles. The topological polar surface area (TPSA) is 78.5 Å². The molecule has 0 radical (unpaired) electrons. The lowest BCUT2D eigenvalue weighted by molar-refractivity contribution is 0.125. The Balaban J connectivity index is 2.25. The normalized spacial score (nSPS) is 11.4. The Morgan fingerprint density at radius 1 is 1.43 bits per heavy atom. The van der Waals surface area contributed by atoms with Gasteiger partial charge in [-0.3, -0.25) is 9.69 Å². The van der Waals surface area contributed by atoms with Crippen LogP contribution in [0.15, 0.2) is 23.0 Å². The molecule has 0 atom stereocenters. The van der Waals surface area contributed by atoms with Crippen molar-refractivity contribution in [2.45, 2.75) is 6.54 Å². The first-order valence-corrected chi connectivity index (χ1v) is 7.02. The smallest absolute Gasteiger partial charge is 0.258 e. The van der Waals surface area contributed by atoms with Crippen molar-refractivity contribution in [3.8, 4) is 0 Å². The second kappa shape index (κ2) is 7.51. The highest BCUT2D eigenvalue weighted by molar-refractivity contribution is 6.31. The zero-order valence-corrected chi connectivity index (χ0v) is 12.6. The fourth-order valence-corrected chi connectivity index (χ4v) is 2.25. The van der Waals surface area contributed by atoms with E-state index in [9.17, 15) is 4.79 Å². The van der Waals surface area contributed by atoms with Gasteiger partial charge in [-0.05, 0) is 18.2 Å². The lowest BCUT2D eigenvalue weighted by Gasteiger charge is -2.20. The van der Waals surface area contributed by atoms with Crippen LogP contribution in [-0.2, 0) is 11.3 Å². The molecular formula is C14H18ClN3O3. The first-order valence-electron chi connectivity index (χ1n) is 6.64. The summed E-state index contributed by atoms with van der Waals surface area (Å²) in [4.78, 5) is 21.2. The first-order chi connectivity index (χ1) is 10.1. The number of nitrogens with zero attached hydrogens (tertiary/aromatic N) is 2. The van der Waals surface area contributed by atoms with Crippen molar-refractivity contribution < 1.29 is 9.84 Å². The molecule has 0 saturated heterocycles. The van der Waals surface area contributed by atoms with E-state index in [-0.39, 0.29) is 12.2 Å². The van der Waals surface area contributed by atoms with Gasteiger partial charge in [0, 0.05) is 25.2 Å². The predicted octanol–water partition coefficient (Wildman–Crippen LogP) is 1.02. The van der Waals surface area contributed by atoms with Gasteiger partial charge in [-0.2, -0.15) is 0 Å². The second-order valence-electron chi connectivity index (χ2n) is 4.67. The van der Waals surface area contributed by atoms with Crippen molar-refractivity contribution in [3.05, 3.63) is 39.4 Å². The van der Waals surface area contributed by atoms with Crippen LogP contribution in [0.1, 0.15) is 5.82 Å². The molecule has 2 N–H and O–H groups in total. The number of aliphatic hydroxyl groups excluding tert-OH is 1. The SMILES string of the molecule is COCCN(CCO)Cc1nc2ccc(Cl)cc2c(=O)[nH]1. The number of H-pyrrole nitrogens is 1. The molecule has 1 heterocycles. The van der Waals surface area contributed by atoms with Crippen LogP contribution in [0.5, 0.6) is 0 Å². The molecule has 2 aromatic rings. The van der Waals surface area contributed by atoms with Crippen LogP contribution in [-0.4, -0.2) is 53.4 Å². The number of rotatable bonds is 7. The fraction of sp³-hybridized carbons (Fsp3) is 0.429. The highest BCUT2D eigenvalue weighted by atomic mass is 35.5. The number of methoxy groups -OCH3 is 1. The number of fused-ring (bicyclic) bond motifs is 1. The standard InChI is InChI=1S/C14H18ClN3O3/c1-21-7-5-18(4-6-19)9-13-16-12-3-2-10(15)8-11(12)14(20)17-13/h2-3,8,19H,4-7,9H2,1H3,(H,16,17,20). The minimum absolute atomic E-state index is 0.0388. The molecule has 7 heteroatoms. The Morgan fingerprint density at radius 3 is 2.95 bits per heavy atom. The number of hydrogen-bond donors (Lipinski definition) is 2. The molecule has 0 aliphatic rings. The summed E-state index contributed by atoms with van der Waals surface area (Å²) in [7, 11) is 1.62. The Bertz CT molecular complexity index is 659. The van der Waals surface area contributed by atoms with E-state index in [1.807, 2.05) is 4.90 Å². The van der Waals surface area contributed by atoms with Gasteiger partial charge >= 0.3 is 0 Å². The largest absolute Gasteiger partial charge is 0.395 e. The monoisotopic (exact) mass is 311 g/mol. The summed E-state index contributed by atoms with van der Waals surface area (Å²) in [5.41, 5.74) is 0.391. The number of nitrogens with one attached hydrogen (secondary N) is 1. The molecule has 0 spiro atoms. The van der Waals surface area contributed by atoms with Crippen molar-refractivity contribution in [3.63, 3.8) is 0 Å². The number of hydrogen-bond acceptors (Lipinski definition) is 5. The van der Waals surface area contributed by atoms with E-state index < -0.39 is 0 Å². The number of aromatic nitrogens is 2. The van der Waals surface area contributed by atoms with Crippen LogP contribution in [0.2, 0.25) is 5.02 Å². The number of halogens is 1. The van der Waals surface area contributed by atoms with Crippen molar-refractivity contribution in [1.29, 1.82) is 0 Å². The van der Waals surface area contributed by atoms with E-state index in [1.54, 1.807) is 25.3 Å². The molecule has 6 nitrogen and oxygen atoms in total. The van der Waals surface area contributed by atoms with Crippen LogP contribution < -0.4 is 5.56 Å². The highest BCUT2D eigenvalue weighted by Crippen LogP contribution is 2.14. The summed E-state index contributed by atoms with van der Waals surface area (Å²) in [5.74, 6) is 0.555. The molecule has 0 bridgehead atoms. The fourth-order valence-electron chi connectivity index (χ4n) is 2.08. The summed E-state index contributed by atoms with van der Waals surface area (Å²) >= 11 is 5.88. The molecule has 21 heavy (non-hydrogen) atoms. The third-order valence-electron chi connectivity index (χ3n) is 3.12. The molecular weight excluding hydrogens is 294 g/mol. The zero-order chi connectivity index (χ0) is 15.2. The van der Waals surface area contributed by atoms with Crippen LogP contribution in [0.25, 0.3) is 10.9 Å². The molecule has 0 aliphatic heterocycles. The Kier molecular flexibility index (Phi) is 5.69. The van der Waals surface area contributed by atoms with Gasteiger partial charge in [0.05, 0.1) is 30.7 Å². The highest BCUT2D eigenvalue weighted by Gasteiger charge is 2.09. The van der Waals surface area contributed by atoms with Crippen LogP contribution >= 0.6 is 11.6 Å². The van der Waals surface area contributed by atoms with Crippen LogP contribution in [0, 0.1) is 0 Å². The minimum Gasteiger partial charge on any atom is -0.395 e. The van der Waals surface area contributed by atoms with Crippen LogP contribution in [0.3, 0.4) is 0 Å². The summed E-state index contributed by atoms with van der Waals surface area (Å²) in [5, 5.41) is 10.1. The van der Waals surface area contributed by atoms with Crippen molar-refractivity contribution in [1.82, 2.24) is 14.9 Å². The summed E-state index contributed by atoms with van der Waals surface area (Å²) < 4.78 is 5.03. The maximum atomic E-state index is 12.1. The van der Waals surface area contributed by atoms with Gasteiger partial charge in [-0.15, -0.1) is 0 Å². The third kappa shape index (κ3) is 4.25. The molecule has 0 fully saturated rings. The Labute approximate surface area is 127 Å². The van der Waals surface area contributed by atoms with Gasteiger partial charge in [-0.25, -0.2) is 4.98 Å². The molecule has 0 unspecified atom stereocenters. The van der Waals surface area contributed by atoms with E-state index in [0.29, 0.717) is 48.0 Å². The van der Waals surface area contributed by atoms with Gasteiger partial charge in [0.25, 0.3) is 5.56 Å². The van der Waals surface area contributed by atoms with Gasteiger partial charge in [-0.1, -0.05) is 11.6 Å². The van der Waals surface area contributed by atoms with Gasteiger partial charge in [0.1, 0.15) is 5.82 Å². The Morgan fingerprint density at radius 2 is 2.24 bits per heavy atom. The average Bonchev–Trinajstić information content (AvgIpc) is 2.46.